The summed E-state index contributed by atoms with van der Waals surface area (Å²) in [6, 6.07) is 12.4. The maximum absolute atomic E-state index is 12.5. The Hall–Kier alpha value is -1.70. The summed E-state index contributed by atoms with van der Waals surface area (Å²) < 4.78 is 25.6. The number of carbonyl (C=O) groups is 1. The number of sulfonamides is 1. The number of anilines is 2. The molecule has 0 aliphatic heterocycles. The van der Waals surface area contributed by atoms with Crippen LogP contribution in [0.15, 0.2) is 47.4 Å². The van der Waals surface area contributed by atoms with E-state index >= 15 is 0 Å². The van der Waals surface area contributed by atoms with Gasteiger partial charge in [-0.1, -0.05) is 36.7 Å². The Bertz CT molecular complexity index is 901. The molecule has 2 aromatic carbocycles. The summed E-state index contributed by atoms with van der Waals surface area (Å²) in [7, 11) is -3.66. The number of thioether (sulfide) groups is 1. The van der Waals surface area contributed by atoms with Crippen molar-refractivity contribution in [2.45, 2.75) is 18.7 Å². The molecule has 1 N–H and O–H groups in total. The third kappa shape index (κ3) is 5.16. The molecule has 0 atom stereocenters. The second-order valence-corrected chi connectivity index (χ2v) is 9.25. The fourth-order valence-electron chi connectivity index (χ4n) is 2.42. The third-order valence-corrected chi connectivity index (χ3v) is 6.15. The maximum Gasteiger partial charge on any atom is 0.245 e. The van der Waals surface area contributed by atoms with Crippen molar-refractivity contribution in [3.8, 4) is 0 Å². The van der Waals surface area contributed by atoms with E-state index in [-0.39, 0.29) is 6.54 Å². The molecule has 0 fully saturated rings. The predicted octanol–water partition coefficient (Wildman–Crippen LogP) is 4.17. The minimum Gasteiger partial charge on any atom is -0.323 e. The molecule has 0 aromatic heterocycles. The highest BCUT2D eigenvalue weighted by atomic mass is 35.5. The van der Waals surface area contributed by atoms with Crippen LogP contribution in [0.3, 0.4) is 0 Å². The highest BCUT2D eigenvalue weighted by Gasteiger charge is 2.23. The number of benzene rings is 2. The molecule has 0 spiro atoms. The lowest BCUT2D eigenvalue weighted by molar-refractivity contribution is -0.114. The second-order valence-electron chi connectivity index (χ2n) is 5.63. The van der Waals surface area contributed by atoms with Crippen LogP contribution < -0.4 is 9.62 Å². The number of nitrogens with one attached hydrogen (secondary N) is 1. The number of hydrogen-bond donors (Lipinski definition) is 1. The van der Waals surface area contributed by atoms with Gasteiger partial charge in [-0.05, 0) is 42.5 Å². The lowest BCUT2D eigenvalue weighted by atomic mass is 10.2. The van der Waals surface area contributed by atoms with E-state index in [0.717, 1.165) is 21.2 Å². The van der Waals surface area contributed by atoms with Crippen molar-refractivity contribution >= 4 is 50.7 Å². The maximum atomic E-state index is 12.5. The average molecular weight is 413 g/mol. The lowest BCUT2D eigenvalue weighted by Gasteiger charge is -2.24. The Kier molecular flexibility index (Phi) is 6.97. The first-order chi connectivity index (χ1) is 12.2. The van der Waals surface area contributed by atoms with Crippen LogP contribution in [0.2, 0.25) is 5.02 Å². The first kappa shape index (κ1) is 20.6. The second kappa shape index (κ2) is 8.79. The monoisotopic (exact) mass is 412 g/mol. The molecule has 2 aromatic rings. The van der Waals surface area contributed by atoms with Gasteiger partial charge in [-0.2, -0.15) is 0 Å². The summed E-state index contributed by atoms with van der Waals surface area (Å²) >= 11 is 7.71. The zero-order valence-corrected chi connectivity index (χ0v) is 17.2. The lowest BCUT2D eigenvalue weighted by Crippen LogP contribution is -2.38. The van der Waals surface area contributed by atoms with Gasteiger partial charge in [-0.3, -0.25) is 9.10 Å². The summed E-state index contributed by atoms with van der Waals surface area (Å²) in [6.45, 7) is 3.42. The molecule has 0 unspecified atom stereocenters. The molecule has 26 heavy (non-hydrogen) atoms. The quantitative estimate of drug-likeness (QED) is 0.693. The standard InChI is InChI=1S/C18H21ClN2O3S2/c1-4-25-17-11-6-5-9-15(17)20-18(22)12-21(26(3,23)24)16-10-7-8-14(19)13(16)2/h5-11H,4,12H2,1-3H3,(H,20,22). The van der Waals surface area contributed by atoms with E-state index in [2.05, 4.69) is 5.32 Å². The molecule has 2 rings (SSSR count). The van der Waals surface area contributed by atoms with Crippen LogP contribution in [0, 0.1) is 6.92 Å². The minimum atomic E-state index is -3.66. The Morgan fingerprint density at radius 3 is 2.54 bits per heavy atom. The van der Waals surface area contributed by atoms with Crippen LogP contribution in [0.4, 0.5) is 11.4 Å². The fraction of sp³-hybridized carbons (Fsp3) is 0.278. The van der Waals surface area contributed by atoms with Gasteiger partial charge in [0.25, 0.3) is 0 Å². The van der Waals surface area contributed by atoms with Crippen molar-refractivity contribution in [3.05, 3.63) is 53.1 Å². The summed E-state index contributed by atoms with van der Waals surface area (Å²) in [5.74, 6) is 0.448. The molecule has 0 aliphatic rings. The van der Waals surface area contributed by atoms with E-state index < -0.39 is 15.9 Å². The van der Waals surface area contributed by atoms with Gasteiger partial charge in [-0.15, -0.1) is 11.8 Å². The third-order valence-electron chi connectivity index (χ3n) is 3.66. The molecule has 0 heterocycles. The fourth-order valence-corrected chi connectivity index (χ4v) is 4.26. The van der Waals surface area contributed by atoms with E-state index in [4.69, 9.17) is 11.6 Å². The molecule has 5 nitrogen and oxygen atoms in total. The summed E-state index contributed by atoms with van der Waals surface area (Å²) in [6.07, 6.45) is 1.07. The Balaban J connectivity index is 2.27. The van der Waals surface area contributed by atoms with Crippen molar-refractivity contribution in [2.24, 2.45) is 0 Å². The first-order valence-corrected chi connectivity index (χ1v) is 11.2. The van der Waals surface area contributed by atoms with Gasteiger partial charge in [0.2, 0.25) is 15.9 Å². The van der Waals surface area contributed by atoms with Crippen LogP contribution in [0.1, 0.15) is 12.5 Å². The van der Waals surface area contributed by atoms with Crippen molar-refractivity contribution in [1.29, 1.82) is 0 Å². The van der Waals surface area contributed by atoms with Crippen LogP contribution in [0.25, 0.3) is 0 Å². The number of hydrogen-bond acceptors (Lipinski definition) is 4. The molecule has 0 saturated heterocycles. The number of halogens is 1. The number of nitrogens with zero attached hydrogens (tertiary/aromatic N) is 1. The molecule has 0 aliphatic carbocycles. The molecule has 1 amide bonds. The van der Waals surface area contributed by atoms with E-state index in [9.17, 15) is 13.2 Å². The average Bonchev–Trinajstić information content (AvgIpc) is 2.57. The molecule has 0 saturated carbocycles. The molecule has 0 bridgehead atoms. The SMILES string of the molecule is CCSc1ccccc1NC(=O)CN(c1cccc(Cl)c1C)S(C)(=O)=O. The van der Waals surface area contributed by atoms with E-state index in [1.165, 1.54) is 0 Å². The molecular weight excluding hydrogens is 392 g/mol. The smallest absolute Gasteiger partial charge is 0.245 e. The van der Waals surface area contributed by atoms with Gasteiger partial charge in [0.1, 0.15) is 6.54 Å². The highest BCUT2D eigenvalue weighted by Crippen LogP contribution is 2.29. The molecular formula is C18H21ClN2O3S2. The van der Waals surface area contributed by atoms with Crippen molar-refractivity contribution in [1.82, 2.24) is 0 Å². The summed E-state index contributed by atoms with van der Waals surface area (Å²) in [5, 5.41) is 3.25. The van der Waals surface area contributed by atoms with Gasteiger partial charge in [0, 0.05) is 9.92 Å². The highest BCUT2D eigenvalue weighted by molar-refractivity contribution is 7.99. The molecule has 0 radical (unpaired) electrons. The van der Waals surface area contributed by atoms with Crippen molar-refractivity contribution in [3.63, 3.8) is 0 Å². The van der Waals surface area contributed by atoms with Gasteiger partial charge in [0.15, 0.2) is 0 Å². The Morgan fingerprint density at radius 2 is 1.88 bits per heavy atom. The summed E-state index contributed by atoms with van der Waals surface area (Å²) in [4.78, 5) is 13.5. The van der Waals surface area contributed by atoms with E-state index in [0.29, 0.717) is 22.0 Å². The van der Waals surface area contributed by atoms with Crippen molar-refractivity contribution in [2.75, 3.05) is 28.2 Å². The van der Waals surface area contributed by atoms with Gasteiger partial charge < -0.3 is 5.32 Å². The van der Waals surface area contributed by atoms with Crippen LogP contribution in [-0.4, -0.2) is 32.9 Å². The Labute approximate surface area is 163 Å². The predicted molar refractivity (Wildman–Crippen MR) is 110 cm³/mol. The minimum absolute atomic E-state index is 0.328. The number of carbonyl (C=O) groups excluding carboxylic acids is 1. The number of rotatable bonds is 7. The van der Waals surface area contributed by atoms with Crippen LogP contribution in [0.5, 0.6) is 0 Å². The first-order valence-electron chi connectivity index (χ1n) is 7.98. The topological polar surface area (TPSA) is 66.5 Å². The van der Waals surface area contributed by atoms with Gasteiger partial charge >= 0.3 is 0 Å². The number of para-hydroxylation sites is 1. The van der Waals surface area contributed by atoms with E-state index in [1.807, 2.05) is 25.1 Å². The Morgan fingerprint density at radius 1 is 1.19 bits per heavy atom. The van der Waals surface area contributed by atoms with Crippen molar-refractivity contribution < 1.29 is 13.2 Å². The normalized spacial score (nSPS) is 11.2. The molecule has 8 heteroatoms. The van der Waals surface area contributed by atoms with Gasteiger partial charge in [-0.25, -0.2) is 8.42 Å². The summed E-state index contributed by atoms with van der Waals surface area (Å²) in [5.41, 5.74) is 1.67. The number of amides is 1. The van der Waals surface area contributed by atoms with Gasteiger partial charge in [0.05, 0.1) is 17.6 Å². The largest absolute Gasteiger partial charge is 0.323 e. The zero-order chi connectivity index (χ0) is 19.3. The van der Waals surface area contributed by atoms with Crippen LogP contribution >= 0.6 is 23.4 Å². The van der Waals surface area contributed by atoms with E-state index in [1.54, 1.807) is 43.0 Å². The van der Waals surface area contributed by atoms with Crippen LogP contribution in [-0.2, 0) is 14.8 Å². The molecule has 140 valence electrons. The zero-order valence-electron chi connectivity index (χ0n) is 14.8.